The number of amides is 1. The molecule has 4 heteroatoms. The molecule has 0 aliphatic heterocycles. The third kappa shape index (κ3) is 6.04. The molecular formula is C13H20N2O2. The van der Waals surface area contributed by atoms with Crippen LogP contribution < -0.4 is 10.6 Å². The summed E-state index contributed by atoms with van der Waals surface area (Å²) in [4.78, 5) is 11.5. The highest BCUT2D eigenvalue weighted by Gasteiger charge is 2.12. The van der Waals surface area contributed by atoms with Gasteiger partial charge in [-0.05, 0) is 32.9 Å². The molecule has 94 valence electrons. The van der Waals surface area contributed by atoms with Crippen LogP contribution in [0.2, 0.25) is 0 Å². The summed E-state index contributed by atoms with van der Waals surface area (Å²) in [6.45, 7) is 5.96. The number of aliphatic hydroxyl groups is 1. The number of benzene rings is 1. The van der Waals surface area contributed by atoms with Crippen molar-refractivity contribution in [1.82, 2.24) is 5.32 Å². The lowest BCUT2D eigenvalue weighted by Gasteiger charge is -2.17. The first kappa shape index (κ1) is 13.7. The zero-order valence-electron chi connectivity index (χ0n) is 10.6. The van der Waals surface area contributed by atoms with Gasteiger partial charge in [0.25, 0.3) is 0 Å². The van der Waals surface area contributed by atoms with Crippen molar-refractivity contribution in [2.24, 2.45) is 0 Å². The number of carbonyl (C=O) groups excluding carboxylic acids is 1. The minimum absolute atomic E-state index is 0.113. The summed E-state index contributed by atoms with van der Waals surface area (Å²) >= 11 is 0. The molecule has 0 unspecified atom stereocenters. The van der Waals surface area contributed by atoms with E-state index in [4.69, 9.17) is 0 Å². The zero-order valence-corrected chi connectivity index (χ0v) is 10.6. The van der Waals surface area contributed by atoms with Gasteiger partial charge in [-0.15, -0.1) is 0 Å². The monoisotopic (exact) mass is 236 g/mol. The Labute approximate surface area is 102 Å². The highest BCUT2D eigenvalue weighted by Crippen LogP contribution is 2.07. The largest absolute Gasteiger partial charge is 0.389 e. The number of hydrogen-bond acceptors (Lipinski definition) is 3. The van der Waals surface area contributed by atoms with Gasteiger partial charge >= 0.3 is 0 Å². The number of anilines is 1. The zero-order chi connectivity index (χ0) is 12.9. The number of aryl methyl sites for hydroxylation is 1. The fourth-order valence-corrected chi connectivity index (χ4v) is 1.32. The van der Waals surface area contributed by atoms with Gasteiger partial charge in [-0.3, -0.25) is 4.79 Å². The fraction of sp³-hybridized carbons (Fsp3) is 0.462. The van der Waals surface area contributed by atoms with Crippen LogP contribution in [0.25, 0.3) is 0 Å². The second-order valence-corrected chi connectivity index (χ2v) is 4.83. The number of rotatable bonds is 5. The van der Waals surface area contributed by atoms with Crippen molar-refractivity contribution in [3.05, 3.63) is 29.8 Å². The van der Waals surface area contributed by atoms with E-state index in [-0.39, 0.29) is 12.5 Å². The standard InChI is InChI=1S/C13H20N2O2/c1-10-4-6-11(7-5-10)15-12(16)8-14-9-13(2,3)17/h4-7,14,17H,8-9H2,1-3H3,(H,15,16). The number of hydrogen-bond donors (Lipinski definition) is 3. The van der Waals surface area contributed by atoms with E-state index in [0.717, 1.165) is 11.3 Å². The Hall–Kier alpha value is -1.39. The van der Waals surface area contributed by atoms with Crippen LogP contribution in [0.3, 0.4) is 0 Å². The van der Waals surface area contributed by atoms with E-state index >= 15 is 0 Å². The third-order valence-electron chi connectivity index (χ3n) is 2.18. The molecule has 4 nitrogen and oxygen atoms in total. The second-order valence-electron chi connectivity index (χ2n) is 4.83. The first-order valence-electron chi connectivity index (χ1n) is 5.66. The molecule has 1 rings (SSSR count). The minimum Gasteiger partial charge on any atom is -0.389 e. The molecule has 0 aromatic heterocycles. The van der Waals surface area contributed by atoms with Crippen LogP contribution >= 0.6 is 0 Å². The van der Waals surface area contributed by atoms with Gasteiger partial charge in [0, 0.05) is 12.2 Å². The predicted molar refractivity (Wildman–Crippen MR) is 69.0 cm³/mol. The van der Waals surface area contributed by atoms with Gasteiger partial charge in [-0.25, -0.2) is 0 Å². The Morgan fingerprint density at radius 2 is 1.88 bits per heavy atom. The molecule has 0 radical (unpaired) electrons. The normalized spacial score (nSPS) is 11.3. The van der Waals surface area contributed by atoms with E-state index in [1.54, 1.807) is 13.8 Å². The van der Waals surface area contributed by atoms with Crippen LogP contribution in [0, 0.1) is 6.92 Å². The smallest absolute Gasteiger partial charge is 0.238 e. The molecule has 0 bridgehead atoms. The van der Waals surface area contributed by atoms with E-state index in [2.05, 4.69) is 10.6 Å². The lowest BCUT2D eigenvalue weighted by Crippen LogP contribution is -2.38. The molecule has 0 saturated heterocycles. The highest BCUT2D eigenvalue weighted by atomic mass is 16.3. The summed E-state index contributed by atoms with van der Waals surface area (Å²) in [6.07, 6.45) is 0. The van der Waals surface area contributed by atoms with Crippen LogP contribution in [-0.2, 0) is 4.79 Å². The molecule has 0 aliphatic carbocycles. The van der Waals surface area contributed by atoms with E-state index in [1.165, 1.54) is 0 Å². The first-order valence-corrected chi connectivity index (χ1v) is 5.66. The maximum absolute atomic E-state index is 11.5. The van der Waals surface area contributed by atoms with Gasteiger partial charge in [-0.1, -0.05) is 17.7 Å². The van der Waals surface area contributed by atoms with E-state index in [0.29, 0.717) is 6.54 Å². The van der Waals surface area contributed by atoms with Crippen LogP contribution in [0.15, 0.2) is 24.3 Å². The summed E-state index contributed by atoms with van der Waals surface area (Å²) in [7, 11) is 0. The average molecular weight is 236 g/mol. The molecule has 1 aromatic rings. The second kappa shape index (κ2) is 5.80. The topological polar surface area (TPSA) is 61.4 Å². The van der Waals surface area contributed by atoms with Crippen molar-refractivity contribution in [3.63, 3.8) is 0 Å². The first-order chi connectivity index (χ1) is 7.87. The highest BCUT2D eigenvalue weighted by molar-refractivity contribution is 5.92. The van der Waals surface area contributed by atoms with E-state index < -0.39 is 5.60 Å². The third-order valence-corrected chi connectivity index (χ3v) is 2.18. The Balaban J connectivity index is 2.32. The summed E-state index contributed by atoms with van der Waals surface area (Å²) in [5.74, 6) is -0.113. The summed E-state index contributed by atoms with van der Waals surface area (Å²) in [6, 6.07) is 7.62. The molecule has 3 N–H and O–H groups in total. The Bertz CT molecular complexity index is 366. The average Bonchev–Trinajstić information content (AvgIpc) is 2.19. The minimum atomic E-state index is -0.801. The van der Waals surface area contributed by atoms with Crippen molar-refractivity contribution in [3.8, 4) is 0 Å². The quantitative estimate of drug-likeness (QED) is 0.722. The summed E-state index contributed by atoms with van der Waals surface area (Å²) in [5.41, 5.74) is 1.14. The SMILES string of the molecule is Cc1ccc(NC(=O)CNCC(C)(C)O)cc1. The van der Waals surface area contributed by atoms with Gasteiger partial charge in [0.05, 0.1) is 12.1 Å². The maximum atomic E-state index is 11.5. The lowest BCUT2D eigenvalue weighted by molar-refractivity contribution is -0.115. The predicted octanol–water partition coefficient (Wildman–Crippen LogP) is 1.29. The molecule has 0 heterocycles. The van der Waals surface area contributed by atoms with Crippen LogP contribution in [0.4, 0.5) is 5.69 Å². The molecule has 17 heavy (non-hydrogen) atoms. The Kier molecular flexibility index (Phi) is 4.66. The van der Waals surface area contributed by atoms with Gasteiger partial charge in [0.1, 0.15) is 0 Å². The van der Waals surface area contributed by atoms with Gasteiger partial charge < -0.3 is 15.7 Å². The van der Waals surface area contributed by atoms with Crippen LogP contribution in [-0.4, -0.2) is 29.7 Å². The molecule has 1 aromatic carbocycles. The number of nitrogens with one attached hydrogen (secondary N) is 2. The van der Waals surface area contributed by atoms with E-state index in [9.17, 15) is 9.90 Å². The molecule has 0 fully saturated rings. The van der Waals surface area contributed by atoms with Crippen molar-refractivity contribution in [2.75, 3.05) is 18.4 Å². The van der Waals surface area contributed by atoms with Crippen LogP contribution in [0.5, 0.6) is 0 Å². The van der Waals surface area contributed by atoms with Crippen molar-refractivity contribution >= 4 is 11.6 Å². The van der Waals surface area contributed by atoms with Crippen molar-refractivity contribution < 1.29 is 9.90 Å². The fourth-order valence-electron chi connectivity index (χ4n) is 1.32. The van der Waals surface area contributed by atoms with Crippen molar-refractivity contribution in [1.29, 1.82) is 0 Å². The molecule has 1 amide bonds. The summed E-state index contributed by atoms with van der Waals surface area (Å²) in [5, 5.41) is 15.1. The molecule has 0 atom stereocenters. The Morgan fingerprint density at radius 3 is 2.41 bits per heavy atom. The maximum Gasteiger partial charge on any atom is 0.238 e. The van der Waals surface area contributed by atoms with E-state index in [1.807, 2.05) is 31.2 Å². The van der Waals surface area contributed by atoms with Crippen molar-refractivity contribution in [2.45, 2.75) is 26.4 Å². The van der Waals surface area contributed by atoms with Gasteiger partial charge in [0.2, 0.25) is 5.91 Å². The molecule has 0 saturated carbocycles. The lowest BCUT2D eigenvalue weighted by atomic mass is 10.1. The summed E-state index contributed by atoms with van der Waals surface area (Å²) < 4.78 is 0. The molecule has 0 spiro atoms. The van der Waals surface area contributed by atoms with Gasteiger partial charge in [-0.2, -0.15) is 0 Å². The van der Waals surface area contributed by atoms with Gasteiger partial charge in [0.15, 0.2) is 0 Å². The number of carbonyl (C=O) groups is 1. The van der Waals surface area contributed by atoms with Crippen LogP contribution in [0.1, 0.15) is 19.4 Å². The molecular weight excluding hydrogens is 216 g/mol. The Morgan fingerprint density at radius 1 is 1.29 bits per heavy atom. The molecule has 0 aliphatic rings.